The number of rotatable bonds is 3. The molecule has 0 aliphatic heterocycles. The molecule has 2 N–H and O–H groups in total. The summed E-state index contributed by atoms with van der Waals surface area (Å²) in [6, 6.07) is 2.17. The third kappa shape index (κ3) is 4.48. The second kappa shape index (κ2) is 7.00. The van der Waals surface area contributed by atoms with Gasteiger partial charge in [0.25, 0.3) is 0 Å². The summed E-state index contributed by atoms with van der Waals surface area (Å²) in [7, 11) is 0. The summed E-state index contributed by atoms with van der Waals surface area (Å²) in [5.74, 6) is 0.873. The maximum Gasteiger partial charge on any atom is 0.413 e. The smallest absolute Gasteiger partial charge is 0.413 e. The molecule has 2 aromatic rings. The number of nitrogens with one attached hydrogen (secondary N) is 1. The molecule has 1 saturated carbocycles. The lowest BCUT2D eigenvalue weighted by Crippen LogP contribution is -2.27. The van der Waals surface area contributed by atoms with Crippen molar-refractivity contribution in [3.8, 4) is 0 Å². The molecule has 0 unspecified atom stereocenters. The number of fused-ring (bicyclic) bond motifs is 1. The zero-order valence-electron chi connectivity index (χ0n) is 15.0. The molecule has 2 heterocycles. The summed E-state index contributed by atoms with van der Waals surface area (Å²) in [6.45, 7) is 5.73. The van der Waals surface area contributed by atoms with Crippen molar-refractivity contribution in [3.05, 3.63) is 18.5 Å². The predicted octanol–water partition coefficient (Wildman–Crippen LogP) is 3.50. The highest BCUT2D eigenvalue weighted by molar-refractivity contribution is 5.87. The first-order valence-corrected chi connectivity index (χ1v) is 8.80. The quantitative estimate of drug-likeness (QED) is 0.888. The van der Waals surface area contributed by atoms with Gasteiger partial charge in [0, 0.05) is 18.2 Å². The lowest BCUT2D eigenvalue weighted by Gasteiger charge is -2.27. The van der Waals surface area contributed by atoms with E-state index in [4.69, 9.17) is 4.74 Å². The van der Waals surface area contributed by atoms with Gasteiger partial charge in [-0.25, -0.2) is 9.78 Å². The third-order valence-corrected chi connectivity index (χ3v) is 4.49. The van der Waals surface area contributed by atoms with Crippen molar-refractivity contribution in [3.63, 3.8) is 0 Å². The molecule has 1 aliphatic rings. The van der Waals surface area contributed by atoms with Crippen molar-refractivity contribution >= 4 is 22.8 Å². The van der Waals surface area contributed by atoms with Gasteiger partial charge in [0.2, 0.25) is 0 Å². The van der Waals surface area contributed by atoms with Crippen LogP contribution in [0.2, 0.25) is 0 Å². The Kier molecular flexibility index (Phi) is 4.94. The van der Waals surface area contributed by atoms with E-state index in [2.05, 4.69) is 15.4 Å². The van der Waals surface area contributed by atoms with Crippen molar-refractivity contribution in [2.45, 2.75) is 58.1 Å². The first-order chi connectivity index (χ1) is 11.8. The summed E-state index contributed by atoms with van der Waals surface area (Å²) in [5, 5.41) is 17.5. The fourth-order valence-electron chi connectivity index (χ4n) is 3.20. The molecule has 7 nitrogen and oxygen atoms in total. The van der Waals surface area contributed by atoms with Crippen LogP contribution in [0.1, 0.15) is 52.5 Å². The van der Waals surface area contributed by atoms with E-state index in [9.17, 15) is 9.90 Å². The highest BCUT2D eigenvalue weighted by Gasteiger charge is 2.23. The Hall–Kier alpha value is -2.15. The average Bonchev–Trinajstić information content (AvgIpc) is 2.96. The van der Waals surface area contributed by atoms with Gasteiger partial charge < -0.3 is 9.84 Å². The van der Waals surface area contributed by atoms with Crippen LogP contribution in [0.15, 0.2) is 18.5 Å². The highest BCUT2D eigenvalue weighted by Crippen LogP contribution is 2.32. The molecule has 1 amide bonds. The third-order valence-electron chi connectivity index (χ3n) is 4.49. The molecule has 1 aliphatic carbocycles. The summed E-state index contributed by atoms with van der Waals surface area (Å²) in [5.41, 5.74) is 0.256. The number of hydrogen-bond donors (Lipinski definition) is 2. The summed E-state index contributed by atoms with van der Waals surface area (Å²) < 4.78 is 7.24. The standard InChI is InChI=1S/C18H26N4O3/c1-18(2,3)25-17(24)20-16-8-13-10-22(21-15(13)9-19-16)14-6-4-12(11-23)5-7-14/h8-10,12,14,23H,4-7,11H2,1-3H3,(H,20,24)/t12-,14-. The van der Waals surface area contributed by atoms with Crippen molar-refractivity contribution in [2.75, 3.05) is 11.9 Å². The number of anilines is 1. The van der Waals surface area contributed by atoms with Gasteiger partial charge in [0.15, 0.2) is 0 Å². The van der Waals surface area contributed by atoms with Crippen molar-refractivity contribution in [1.29, 1.82) is 0 Å². The minimum atomic E-state index is -0.549. The van der Waals surface area contributed by atoms with Gasteiger partial charge >= 0.3 is 6.09 Å². The predicted molar refractivity (Wildman–Crippen MR) is 95.5 cm³/mol. The maximum atomic E-state index is 11.9. The Bertz CT molecular complexity index is 742. The van der Waals surface area contributed by atoms with Gasteiger partial charge in [-0.1, -0.05) is 0 Å². The Balaban J connectivity index is 1.70. The second-order valence-corrected chi connectivity index (χ2v) is 7.72. The van der Waals surface area contributed by atoms with E-state index in [1.54, 1.807) is 6.20 Å². The fourth-order valence-corrected chi connectivity index (χ4v) is 3.20. The first kappa shape index (κ1) is 17.7. The Morgan fingerprint density at radius 2 is 2.08 bits per heavy atom. The zero-order valence-corrected chi connectivity index (χ0v) is 15.0. The topological polar surface area (TPSA) is 89.3 Å². The molecule has 0 atom stereocenters. The van der Waals surface area contributed by atoms with Crippen LogP contribution in [0.4, 0.5) is 10.6 Å². The second-order valence-electron chi connectivity index (χ2n) is 7.72. The summed E-state index contributed by atoms with van der Waals surface area (Å²) >= 11 is 0. The number of hydrogen-bond acceptors (Lipinski definition) is 5. The number of carbonyl (C=O) groups excluding carboxylic acids is 1. The van der Waals surface area contributed by atoms with Gasteiger partial charge in [-0.3, -0.25) is 10.00 Å². The van der Waals surface area contributed by atoms with E-state index < -0.39 is 11.7 Å². The molecule has 3 rings (SSSR count). The lowest BCUT2D eigenvalue weighted by atomic mass is 9.87. The number of aromatic nitrogens is 3. The molecule has 0 radical (unpaired) electrons. The van der Waals surface area contributed by atoms with Gasteiger partial charge in [0.05, 0.1) is 12.2 Å². The van der Waals surface area contributed by atoms with Crippen LogP contribution >= 0.6 is 0 Å². The molecule has 0 aromatic carbocycles. The number of aliphatic hydroxyl groups excluding tert-OH is 1. The molecule has 136 valence electrons. The summed E-state index contributed by atoms with van der Waals surface area (Å²) in [6.07, 6.45) is 7.25. The molecule has 25 heavy (non-hydrogen) atoms. The average molecular weight is 346 g/mol. The van der Waals surface area contributed by atoms with E-state index in [-0.39, 0.29) is 6.61 Å². The summed E-state index contributed by atoms with van der Waals surface area (Å²) in [4.78, 5) is 16.1. The number of ether oxygens (including phenoxy) is 1. The van der Waals surface area contributed by atoms with E-state index in [0.29, 0.717) is 17.8 Å². The van der Waals surface area contributed by atoms with Gasteiger partial charge in [-0.15, -0.1) is 0 Å². The Labute approximate surface area is 147 Å². The lowest BCUT2D eigenvalue weighted by molar-refractivity contribution is 0.0635. The molecule has 7 heteroatoms. The van der Waals surface area contributed by atoms with Crippen LogP contribution in [0, 0.1) is 5.92 Å². The number of aliphatic hydroxyl groups is 1. The van der Waals surface area contributed by atoms with Crippen LogP contribution < -0.4 is 5.32 Å². The van der Waals surface area contributed by atoms with Gasteiger partial charge in [-0.05, 0) is 58.4 Å². The minimum absolute atomic E-state index is 0.275. The van der Waals surface area contributed by atoms with Gasteiger partial charge in [0.1, 0.15) is 16.9 Å². The fraction of sp³-hybridized carbons (Fsp3) is 0.611. The van der Waals surface area contributed by atoms with Crippen LogP contribution in [0.5, 0.6) is 0 Å². The van der Waals surface area contributed by atoms with Crippen molar-refractivity contribution in [2.24, 2.45) is 5.92 Å². The van der Waals surface area contributed by atoms with Crippen molar-refractivity contribution in [1.82, 2.24) is 14.8 Å². The SMILES string of the molecule is CC(C)(C)OC(=O)Nc1cc2cn([C@H]3CC[C@H](CO)CC3)nc2cn1. The molecule has 1 fully saturated rings. The van der Waals surface area contributed by atoms with E-state index in [0.717, 1.165) is 36.6 Å². The van der Waals surface area contributed by atoms with E-state index in [1.807, 2.05) is 37.7 Å². The van der Waals surface area contributed by atoms with Crippen LogP contribution in [-0.4, -0.2) is 38.2 Å². The number of carbonyl (C=O) groups is 1. The molecular formula is C18H26N4O3. The maximum absolute atomic E-state index is 11.9. The molecular weight excluding hydrogens is 320 g/mol. The Morgan fingerprint density at radius 1 is 1.36 bits per heavy atom. The number of amides is 1. The normalized spacial score (nSPS) is 21.3. The zero-order chi connectivity index (χ0) is 18.0. The van der Waals surface area contributed by atoms with E-state index in [1.165, 1.54) is 0 Å². The molecule has 0 bridgehead atoms. The number of pyridine rings is 1. The van der Waals surface area contributed by atoms with Crippen molar-refractivity contribution < 1.29 is 14.6 Å². The Morgan fingerprint density at radius 3 is 2.72 bits per heavy atom. The van der Waals surface area contributed by atoms with Gasteiger partial charge in [-0.2, -0.15) is 5.10 Å². The van der Waals surface area contributed by atoms with E-state index >= 15 is 0 Å². The van der Waals surface area contributed by atoms with Crippen LogP contribution in [0.3, 0.4) is 0 Å². The molecule has 2 aromatic heterocycles. The minimum Gasteiger partial charge on any atom is -0.444 e. The highest BCUT2D eigenvalue weighted by atomic mass is 16.6. The monoisotopic (exact) mass is 346 g/mol. The van der Waals surface area contributed by atoms with Crippen LogP contribution in [-0.2, 0) is 4.74 Å². The first-order valence-electron chi connectivity index (χ1n) is 8.80. The molecule has 0 saturated heterocycles. The van der Waals surface area contributed by atoms with Crippen LogP contribution in [0.25, 0.3) is 10.9 Å². The molecule has 0 spiro atoms. The largest absolute Gasteiger partial charge is 0.444 e. The number of nitrogens with zero attached hydrogens (tertiary/aromatic N) is 3.